The zero-order valence-electron chi connectivity index (χ0n) is 14.5. The van der Waals surface area contributed by atoms with Gasteiger partial charge < -0.3 is 14.2 Å². The van der Waals surface area contributed by atoms with Gasteiger partial charge in [0.1, 0.15) is 25.0 Å². The van der Waals surface area contributed by atoms with Crippen LogP contribution in [0.25, 0.3) is 0 Å². The van der Waals surface area contributed by atoms with Crippen molar-refractivity contribution in [3.05, 3.63) is 32.6 Å². The van der Waals surface area contributed by atoms with E-state index >= 15 is 0 Å². The van der Waals surface area contributed by atoms with E-state index in [0.717, 1.165) is 0 Å². The Morgan fingerprint density at radius 1 is 1.46 bits per heavy atom. The van der Waals surface area contributed by atoms with Crippen LogP contribution in [-0.2, 0) is 23.8 Å². The van der Waals surface area contributed by atoms with Gasteiger partial charge in [0.05, 0.1) is 6.42 Å². The van der Waals surface area contributed by atoms with Crippen molar-refractivity contribution in [2.45, 2.75) is 51.5 Å². The lowest BCUT2D eigenvalue weighted by Crippen LogP contribution is -2.33. The Bertz CT molecular complexity index is 833. The number of carbonyl (C=O) groups excluding carboxylic acids is 2. The number of ether oxygens (including phenoxy) is 3. The summed E-state index contributed by atoms with van der Waals surface area (Å²) in [5.74, 6) is 1.33. The molecule has 2 heterocycles. The van der Waals surface area contributed by atoms with Gasteiger partial charge in [0.25, 0.3) is 5.56 Å². The Morgan fingerprint density at radius 2 is 2.19 bits per heavy atom. The highest BCUT2D eigenvalue weighted by atomic mass is 16.6. The van der Waals surface area contributed by atoms with Crippen molar-refractivity contribution in [1.29, 1.82) is 0 Å². The van der Waals surface area contributed by atoms with Gasteiger partial charge in [0.15, 0.2) is 0 Å². The molecule has 1 N–H and O–H groups in total. The Morgan fingerprint density at radius 3 is 2.85 bits per heavy atom. The summed E-state index contributed by atoms with van der Waals surface area (Å²) in [6.45, 7) is 2.66. The van der Waals surface area contributed by atoms with Crippen LogP contribution in [0.1, 0.15) is 38.0 Å². The molecule has 1 aromatic heterocycles. The fourth-order valence-electron chi connectivity index (χ4n) is 2.58. The standard InChI is InChI=1S/C17H20N2O7/c1-4-5-6-15(21)24-9-13-12(25-11(3)20)7-14(26-13)19-8-10(2)16(22)18-17(19)23/h1,8,12-14H,5-7,9H2,2-3H3,(H,18,22,23)/t12?,13-,14-/m1/s1. The maximum absolute atomic E-state index is 12.0. The molecule has 2 rings (SSSR count). The molecule has 26 heavy (non-hydrogen) atoms. The third-order valence-corrected chi connectivity index (χ3v) is 3.84. The van der Waals surface area contributed by atoms with Crippen LogP contribution in [0.2, 0.25) is 0 Å². The van der Waals surface area contributed by atoms with Crippen molar-refractivity contribution < 1.29 is 23.8 Å². The molecule has 0 saturated carbocycles. The number of H-pyrrole nitrogens is 1. The van der Waals surface area contributed by atoms with E-state index in [1.54, 1.807) is 6.92 Å². The third kappa shape index (κ3) is 4.83. The number of hydrogen-bond donors (Lipinski definition) is 1. The molecule has 0 radical (unpaired) electrons. The quantitative estimate of drug-likeness (QED) is 0.559. The number of nitrogens with one attached hydrogen (secondary N) is 1. The zero-order valence-corrected chi connectivity index (χ0v) is 14.5. The van der Waals surface area contributed by atoms with E-state index in [1.807, 2.05) is 0 Å². The van der Waals surface area contributed by atoms with Gasteiger partial charge in [-0.25, -0.2) is 4.79 Å². The minimum absolute atomic E-state index is 0.0729. The van der Waals surface area contributed by atoms with E-state index in [1.165, 1.54) is 17.7 Å². The molecule has 0 spiro atoms. The highest BCUT2D eigenvalue weighted by molar-refractivity contribution is 5.69. The lowest BCUT2D eigenvalue weighted by molar-refractivity contribution is -0.156. The molecule has 1 aliphatic rings. The second kappa shape index (κ2) is 8.49. The lowest BCUT2D eigenvalue weighted by Gasteiger charge is -2.18. The van der Waals surface area contributed by atoms with Crippen molar-refractivity contribution in [2.24, 2.45) is 0 Å². The number of hydrogen-bond acceptors (Lipinski definition) is 7. The second-order valence-electron chi connectivity index (χ2n) is 5.88. The van der Waals surface area contributed by atoms with E-state index in [4.69, 9.17) is 20.6 Å². The topological polar surface area (TPSA) is 117 Å². The largest absolute Gasteiger partial charge is 0.463 e. The van der Waals surface area contributed by atoms with Gasteiger partial charge in [-0.2, -0.15) is 0 Å². The lowest BCUT2D eigenvalue weighted by atomic mass is 10.2. The minimum Gasteiger partial charge on any atom is -0.463 e. The first kappa shape index (κ1) is 19.5. The van der Waals surface area contributed by atoms with Crippen LogP contribution >= 0.6 is 0 Å². The number of rotatable bonds is 6. The molecule has 0 amide bonds. The van der Waals surface area contributed by atoms with Crippen LogP contribution in [-0.4, -0.2) is 40.3 Å². The summed E-state index contributed by atoms with van der Waals surface area (Å²) in [4.78, 5) is 48.6. The molecular weight excluding hydrogens is 344 g/mol. The first-order chi connectivity index (χ1) is 12.3. The van der Waals surface area contributed by atoms with E-state index < -0.39 is 41.6 Å². The van der Waals surface area contributed by atoms with E-state index in [-0.39, 0.29) is 25.9 Å². The minimum atomic E-state index is -0.767. The van der Waals surface area contributed by atoms with Crippen molar-refractivity contribution in [3.8, 4) is 12.3 Å². The molecule has 1 aliphatic heterocycles. The summed E-state index contributed by atoms with van der Waals surface area (Å²) in [6, 6.07) is 0. The molecule has 0 aliphatic carbocycles. The molecule has 3 atom stereocenters. The average Bonchev–Trinajstić information content (AvgIpc) is 2.96. The number of esters is 2. The average molecular weight is 364 g/mol. The number of aromatic amines is 1. The fraction of sp³-hybridized carbons (Fsp3) is 0.529. The molecule has 1 fully saturated rings. The van der Waals surface area contributed by atoms with Crippen LogP contribution in [0.5, 0.6) is 0 Å². The van der Waals surface area contributed by atoms with E-state index in [9.17, 15) is 19.2 Å². The molecular formula is C17H20N2O7. The molecule has 9 nitrogen and oxygen atoms in total. The molecule has 0 aromatic carbocycles. The predicted molar refractivity (Wildman–Crippen MR) is 89.2 cm³/mol. The Balaban J connectivity index is 2.13. The van der Waals surface area contributed by atoms with E-state index in [2.05, 4.69) is 10.9 Å². The van der Waals surface area contributed by atoms with Crippen LogP contribution in [0.15, 0.2) is 15.8 Å². The molecule has 0 bridgehead atoms. The third-order valence-electron chi connectivity index (χ3n) is 3.84. The van der Waals surface area contributed by atoms with Gasteiger partial charge >= 0.3 is 17.6 Å². The molecule has 1 saturated heterocycles. The van der Waals surface area contributed by atoms with Gasteiger partial charge in [0, 0.05) is 31.5 Å². The first-order valence-electron chi connectivity index (χ1n) is 8.05. The van der Waals surface area contributed by atoms with Crippen molar-refractivity contribution >= 4 is 11.9 Å². The SMILES string of the molecule is C#CCCC(=O)OC[C@H]1O[C@@H](n2cc(C)c(=O)[nH]c2=O)CC1OC(C)=O. The van der Waals surface area contributed by atoms with Gasteiger partial charge in [0.2, 0.25) is 0 Å². The first-order valence-corrected chi connectivity index (χ1v) is 8.05. The predicted octanol–water partition coefficient (Wildman–Crippen LogP) is 0.0208. The Labute approximate surface area is 149 Å². The molecule has 9 heteroatoms. The number of aromatic nitrogens is 2. The van der Waals surface area contributed by atoms with Crippen LogP contribution in [0, 0.1) is 19.3 Å². The van der Waals surface area contributed by atoms with Crippen molar-refractivity contribution in [2.75, 3.05) is 6.61 Å². The van der Waals surface area contributed by atoms with Crippen LogP contribution < -0.4 is 11.2 Å². The molecule has 1 unspecified atom stereocenters. The fourth-order valence-corrected chi connectivity index (χ4v) is 2.58. The smallest absolute Gasteiger partial charge is 0.330 e. The van der Waals surface area contributed by atoms with Crippen LogP contribution in [0.4, 0.5) is 0 Å². The van der Waals surface area contributed by atoms with Gasteiger partial charge in [-0.3, -0.25) is 23.9 Å². The number of nitrogens with zero attached hydrogens (tertiary/aromatic N) is 1. The number of aryl methyl sites for hydroxylation is 1. The Kier molecular flexibility index (Phi) is 6.36. The van der Waals surface area contributed by atoms with Crippen LogP contribution in [0.3, 0.4) is 0 Å². The normalized spacial score (nSPS) is 21.8. The summed E-state index contributed by atoms with van der Waals surface area (Å²) in [7, 11) is 0. The van der Waals surface area contributed by atoms with Gasteiger partial charge in [-0.05, 0) is 6.92 Å². The summed E-state index contributed by atoms with van der Waals surface area (Å²) in [5, 5.41) is 0. The zero-order chi connectivity index (χ0) is 19.3. The second-order valence-corrected chi connectivity index (χ2v) is 5.88. The molecule has 140 valence electrons. The van der Waals surface area contributed by atoms with Gasteiger partial charge in [-0.15, -0.1) is 12.3 Å². The summed E-state index contributed by atoms with van der Waals surface area (Å²) < 4.78 is 17.3. The summed E-state index contributed by atoms with van der Waals surface area (Å²) >= 11 is 0. The van der Waals surface area contributed by atoms with Gasteiger partial charge in [-0.1, -0.05) is 0 Å². The maximum atomic E-state index is 12.0. The highest BCUT2D eigenvalue weighted by Crippen LogP contribution is 2.30. The molecule has 1 aromatic rings. The number of carbonyl (C=O) groups is 2. The number of terminal acetylenes is 1. The van der Waals surface area contributed by atoms with Crippen molar-refractivity contribution in [1.82, 2.24) is 9.55 Å². The maximum Gasteiger partial charge on any atom is 0.330 e. The monoisotopic (exact) mass is 364 g/mol. The van der Waals surface area contributed by atoms with Crippen molar-refractivity contribution in [3.63, 3.8) is 0 Å². The Hall–Kier alpha value is -2.86. The summed E-state index contributed by atoms with van der Waals surface area (Å²) in [6.07, 6.45) is 4.77. The van der Waals surface area contributed by atoms with E-state index in [0.29, 0.717) is 5.56 Å². The highest BCUT2D eigenvalue weighted by Gasteiger charge is 2.39. The summed E-state index contributed by atoms with van der Waals surface area (Å²) in [5.41, 5.74) is -0.792.